The summed E-state index contributed by atoms with van der Waals surface area (Å²) in [4.78, 5) is 35.0. The SMILES string of the molecule is COc1c(Cl)cc(Cl)c(OC)c1C(=O)NC(=O)Nc1c(Cl)cc([N+](=O)[O-])cc1Cl. The molecule has 154 valence electrons. The maximum atomic E-state index is 12.6. The molecule has 0 unspecified atom stereocenters. The number of hydrogen-bond donors (Lipinski definition) is 2. The lowest BCUT2D eigenvalue weighted by molar-refractivity contribution is -0.384. The molecule has 0 spiro atoms. The van der Waals surface area contributed by atoms with Gasteiger partial charge in [0.15, 0.2) is 11.5 Å². The molecule has 0 saturated heterocycles. The predicted molar refractivity (Wildman–Crippen MR) is 109 cm³/mol. The molecule has 29 heavy (non-hydrogen) atoms. The van der Waals surface area contributed by atoms with Crippen molar-refractivity contribution in [1.82, 2.24) is 5.32 Å². The minimum absolute atomic E-state index is 0.0188. The number of carbonyl (C=O) groups excluding carboxylic acids is 2. The third kappa shape index (κ3) is 4.94. The van der Waals surface area contributed by atoms with E-state index in [0.29, 0.717) is 0 Å². The van der Waals surface area contributed by atoms with E-state index in [2.05, 4.69) is 5.32 Å². The zero-order valence-electron chi connectivity index (χ0n) is 14.6. The van der Waals surface area contributed by atoms with Crippen LogP contribution in [0.15, 0.2) is 18.2 Å². The molecular weight excluding hydrogens is 472 g/mol. The number of nitro benzene ring substituents is 1. The Balaban J connectivity index is 2.32. The van der Waals surface area contributed by atoms with Gasteiger partial charge in [-0.1, -0.05) is 46.4 Å². The predicted octanol–water partition coefficient (Wildman–Crippen LogP) is 5.19. The van der Waals surface area contributed by atoms with Gasteiger partial charge in [0.25, 0.3) is 11.6 Å². The highest BCUT2D eigenvalue weighted by molar-refractivity contribution is 6.40. The first-order valence-electron chi connectivity index (χ1n) is 7.46. The van der Waals surface area contributed by atoms with Crippen molar-refractivity contribution < 1.29 is 24.0 Å². The molecule has 13 heteroatoms. The molecule has 0 aliphatic rings. The van der Waals surface area contributed by atoms with Crippen LogP contribution in [0, 0.1) is 10.1 Å². The van der Waals surface area contributed by atoms with Gasteiger partial charge in [-0.05, 0) is 6.07 Å². The molecule has 2 aromatic carbocycles. The van der Waals surface area contributed by atoms with Gasteiger partial charge in [-0.2, -0.15) is 0 Å². The number of methoxy groups -OCH3 is 2. The Morgan fingerprint density at radius 2 is 1.41 bits per heavy atom. The van der Waals surface area contributed by atoms with Crippen LogP contribution < -0.4 is 20.1 Å². The van der Waals surface area contributed by atoms with Crippen LogP contribution in [0.3, 0.4) is 0 Å². The third-order valence-corrected chi connectivity index (χ3v) is 4.64. The van der Waals surface area contributed by atoms with Crippen molar-refractivity contribution in [2.75, 3.05) is 19.5 Å². The van der Waals surface area contributed by atoms with E-state index in [1.54, 1.807) is 0 Å². The normalized spacial score (nSPS) is 10.3. The number of ether oxygens (including phenoxy) is 2. The Morgan fingerprint density at radius 3 is 1.83 bits per heavy atom. The monoisotopic (exact) mass is 481 g/mol. The molecule has 0 saturated carbocycles. The molecular formula is C16H11Cl4N3O6. The second kappa shape index (κ2) is 9.36. The molecule has 3 amide bonds. The van der Waals surface area contributed by atoms with Gasteiger partial charge in [-0.3, -0.25) is 20.2 Å². The minimum Gasteiger partial charge on any atom is -0.494 e. The number of imide groups is 1. The molecule has 0 heterocycles. The number of non-ortho nitro benzene ring substituents is 1. The summed E-state index contributed by atoms with van der Waals surface area (Å²) < 4.78 is 10.2. The molecule has 9 nitrogen and oxygen atoms in total. The van der Waals surface area contributed by atoms with E-state index in [4.69, 9.17) is 55.9 Å². The zero-order valence-corrected chi connectivity index (χ0v) is 17.7. The van der Waals surface area contributed by atoms with Gasteiger partial charge in [0.05, 0.1) is 44.9 Å². The number of nitrogens with zero attached hydrogens (tertiary/aromatic N) is 1. The summed E-state index contributed by atoms with van der Waals surface area (Å²) in [6, 6.07) is 2.27. The van der Waals surface area contributed by atoms with Crippen LogP contribution in [0.2, 0.25) is 20.1 Å². The van der Waals surface area contributed by atoms with E-state index in [0.717, 1.165) is 12.1 Å². The number of amides is 3. The summed E-state index contributed by atoms with van der Waals surface area (Å²) in [7, 11) is 2.53. The van der Waals surface area contributed by atoms with E-state index >= 15 is 0 Å². The molecule has 0 aliphatic carbocycles. The lowest BCUT2D eigenvalue weighted by Crippen LogP contribution is -2.35. The van der Waals surface area contributed by atoms with Gasteiger partial charge in [0.1, 0.15) is 5.56 Å². The lowest BCUT2D eigenvalue weighted by Gasteiger charge is -2.16. The van der Waals surface area contributed by atoms with Crippen LogP contribution >= 0.6 is 46.4 Å². The maximum absolute atomic E-state index is 12.6. The Labute approximate surface area is 183 Å². The Morgan fingerprint density at radius 1 is 0.931 bits per heavy atom. The van der Waals surface area contributed by atoms with Crippen LogP contribution in [0.25, 0.3) is 0 Å². The third-order valence-electron chi connectivity index (χ3n) is 3.48. The zero-order chi connectivity index (χ0) is 21.9. The van der Waals surface area contributed by atoms with Crippen molar-refractivity contribution in [3.63, 3.8) is 0 Å². The number of rotatable bonds is 5. The fourth-order valence-corrected chi connectivity index (χ4v) is 3.47. The summed E-state index contributed by atoms with van der Waals surface area (Å²) in [5.74, 6) is -1.08. The standard InChI is InChI=1S/C16H11Cl4N3O6/c1-28-13-9(19)5-10(20)14(29-2)11(13)15(24)22-16(25)21-12-7(17)3-6(23(26)27)4-8(12)18/h3-5H,1-2H3,(H2,21,22,24,25). The minimum atomic E-state index is -1.03. The number of nitro groups is 1. The van der Waals surface area contributed by atoms with Crippen molar-refractivity contribution in [2.45, 2.75) is 0 Å². The van der Waals surface area contributed by atoms with Crippen LogP contribution in [0.1, 0.15) is 10.4 Å². The van der Waals surface area contributed by atoms with Crippen molar-refractivity contribution >= 4 is 69.7 Å². The number of nitrogens with one attached hydrogen (secondary N) is 2. The van der Waals surface area contributed by atoms with E-state index in [1.807, 2.05) is 5.32 Å². The maximum Gasteiger partial charge on any atom is 0.326 e. The second-order valence-corrected chi connectivity index (χ2v) is 6.86. The quantitative estimate of drug-likeness (QED) is 0.447. The highest BCUT2D eigenvalue weighted by Gasteiger charge is 2.26. The Bertz CT molecular complexity index is 963. The summed E-state index contributed by atoms with van der Waals surface area (Å²) in [6.07, 6.45) is 0. The molecule has 2 rings (SSSR count). The van der Waals surface area contributed by atoms with Gasteiger partial charge in [-0.25, -0.2) is 4.79 Å². The molecule has 0 aliphatic heterocycles. The smallest absolute Gasteiger partial charge is 0.326 e. The van der Waals surface area contributed by atoms with E-state index in [-0.39, 0.29) is 48.5 Å². The first-order valence-corrected chi connectivity index (χ1v) is 8.97. The Hall–Kier alpha value is -2.46. The van der Waals surface area contributed by atoms with Crippen LogP contribution in [-0.2, 0) is 0 Å². The average molecular weight is 483 g/mol. The molecule has 0 bridgehead atoms. The van der Waals surface area contributed by atoms with Crippen molar-refractivity contribution in [3.05, 3.63) is 54.0 Å². The van der Waals surface area contributed by atoms with E-state index in [9.17, 15) is 19.7 Å². The molecule has 0 radical (unpaired) electrons. The molecule has 0 fully saturated rings. The second-order valence-electron chi connectivity index (χ2n) is 5.23. The number of halogens is 4. The van der Waals surface area contributed by atoms with Crippen molar-refractivity contribution in [1.29, 1.82) is 0 Å². The number of benzene rings is 2. The number of urea groups is 1. The van der Waals surface area contributed by atoms with Crippen molar-refractivity contribution in [3.8, 4) is 11.5 Å². The van der Waals surface area contributed by atoms with Gasteiger partial charge in [0, 0.05) is 12.1 Å². The van der Waals surface area contributed by atoms with E-state index < -0.39 is 16.9 Å². The van der Waals surface area contributed by atoms with Crippen LogP contribution in [0.4, 0.5) is 16.2 Å². The highest BCUT2D eigenvalue weighted by atomic mass is 35.5. The lowest BCUT2D eigenvalue weighted by atomic mass is 10.1. The highest BCUT2D eigenvalue weighted by Crippen LogP contribution is 2.41. The number of carbonyl (C=O) groups is 2. The summed E-state index contributed by atoms with van der Waals surface area (Å²) in [6.45, 7) is 0. The number of anilines is 1. The molecule has 2 N–H and O–H groups in total. The first kappa shape index (κ1) is 22.8. The number of hydrogen-bond acceptors (Lipinski definition) is 6. The topological polar surface area (TPSA) is 120 Å². The van der Waals surface area contributed by atoms with Gasteiger partial charge < -0.3 is 14.8 Å². The molecule has 0 aromatic heterocycles. The van der Waals surface area contributed by atoms with Gasteiger partial charge in [-0.15, -0.1) is 0 Å². The van der Waals surface area contributed by atoms with Crippen molar-refractivity contribution in [2.24, 2.45) is 0 Å². The average Bonchev–Trinajstić information content (AvgIpc) is 2.63. The van der Waals surface area contributed by atoms with E-state index in [1.165, 1.54) is 20.3 Å². The summed E-state index contributed by atoms with van der Waals surface area (Å²) >= 11 is 23.9. The Kier molecular flexibility index (Phi) is 7.37. The molecule has 0 atom stereocenters. The summed E-state index contributed by atoms with van der Waals surface area (Å²) in [5.41, 5.74) is -0.721. The summed E-state index contributed by atoms with van der Waals surface area (Å²) in [5, 5.41) is 14.7. The van der Waals surface area contributed by atoms with Gasteiger partial charge >= 0.3 is 6.03 Å². The van der Waals surface area contributed by atoms with Gasteiger partial charge in [0.2, 0.25) is 0 Å². The van der Waals surface area contributed by atoms with Crippen LogP contribution in [0.5, 0.6) is 11.5 Å². The van der Waals surface area contributed by atoms with Crippen LogP contribution in [-0.4, -0.2) is 31.1 Å². The fraction of sp³-hybridized carbons (Fsp3) is 0.125. The first-order chi connectivity index (χ1) is 13.6. The largest absolute Gasteiger partial charge is 0.494 e. The molecule has 2 aromatic rings. The fourth-order valence-electron chi connectivity index (χ4n) is 2.28.